The SMILES string of the molecule is CC(C(=O)N1C(=O)N(C(=O)C(C)C(O)c2ccccc2)[C@@H]2CCCC[C@H]21)C(O)c1ccccc1. The molecule has 1 saturated heterocycles. The molecule has 1 saturated carbocycles. The molecule has 0 bridgehead atoms. The Morgan fingerprint density at radius 2 is 1.09 bits per heavy atom. The highest BCUT2D eigenvalue weighted by Gasteiger charge is 2.53. The summed E-state index contributed by atoms with van der Waals surface area (Å²) in [6.07, 6.45) is 0.834. The molecule has 0 radical (unpaired) electrons. The summed E-state index contributed by atoms with van der Waals surface area (Å²) in [5, 5.41) is 21.6. The number of aliphatic hydroxyl groups is 2. The van der Waals surface area contributed by atoms with Gasteiger partial charge < -0.3 is 10.2 Å². The number of imide groups is 2. The van der Waals surface area contributed by atoms with Crippen molar-refractivity contribution < 1.29 is 24.6 Å². The first-order valence-corrected chi connectivity index (χ1v) is 12.0. The van der Waals surface area contributed by atoms with Gasteiger partial charge in [0, 0.05) is 0 Å². The van der Waals surface area contributed by atoms with Crippen LogP contribution >= 0.6 is 0 Å². The fraction of sp³-hybridized carbons (Fsp3) is 0.444. The van der Waals surface area contributed by atoms with Crippen LogP contribution in [0.3, 0.4) is 0 Å². The summed E-state index contributed by atoms with van der Waals surface area (Å²) in [4.78, 5) is 42.9. The highest BCUT2D eigenvalue weighted by atomic mass is 16.3. The van der Waals surface area contributed by atoms with Gasteiger partial charge >= 0.3 is 6.03 Å². The maximum absolute atomic E-state index is 13.5. The van der Waals surface area contributed by atoms with Gasteiger partial charge in [0.1, 0.15) is 0 Å². The van der Waals surface area contributed by atoms with Crippen LogP contribution in [0.5, 0.6) is 0 Å². The summed E-state index contributed by atoms with van der Waals surface area (Å²) in [5.41, 5.74) is 1.20. The average molecular weight is 465 g/mol. The van der Waals surface area contributed by atoms with Gasteiger partial charge in [-0.25, -0.2) is 4.79 Å². The summed E-state index contributed by atoms with van der Waals surface area (Å²) >= 11 is 0. The van der Waals surface area contributed by atoms with Crippen molar-refractivity contribution in [2.24, 2.45) is 11.8 Å². The van der Waals surface area contributed by atoms with Crippen LogP contribution in [0.4, 0.5) is 4.79 Å². The molecule has 2 fully saturated rings. The van der Waals surface area contributed by atoms with Crippen LogP contribution in [0, 0.1) is 11.8 Å². The zero-order valence-corrected chi connectivity index (χ0v) is 19.6. The molecule has 2 aromatic carbocycles. The standard InChI is InChI=1S/C27H32N2O5/c1-17(23(30)19-11-5-3-6-12-19)25(32)28-21-15-9-10-16-22(21)29(27(28)34)26(33)18(2)24(31)20-13-7-4-8-14-20/h3-8,11-14,17-18,21-24,30-31H,9-10,15-16H2,1-2H3/t17?,18?,21-,22-,23?,24?/m1/s1. The summed E-state index contributed by atoms with van der Waals surface area (Å²) in [7, 11) is 0. The van der Waals surface area contributed by atoms with E-state index in [0.717, 1.165) is 12.8 Å². The number of carbonyl (C=O) groups is 3. The van der Waals surface area contributed by atoms with E-state index < -0.39 is 54.0 Å². The largest absolute Gasteiger partial charge is 0.388 e. The van der Waals surface area contributed by atoms with Crippen molar-refractivity contribution in [3.8, 4) is 0 Å². The fourth-order valence-electron chi connectivity index (χ4n) is 5.20. The smallest absolute Gasteiger partial charge is 0.334 e. The first-order chi connectivity index (χ1) is 16.3. The molecule has 2 aromatic rings. The second kappa shape index (κ2) is 10.1. The van der Waals surface area contributed by atoms with E-state index in [1.54, 1.807) is 62.4 Å². The number of amides is 4. The normalized spacial score (nSPS) is 23.7. The number of hydrogen-bond donors (Lipinski definition) is 2. The molecule has 1 aliphatic carbocycles. The number of fused-ring (bicyclic) bond motifs is 1. The molecule has 0 aromatic heterocycles. The van der Waals surface area contributed by atoms with Gasteiger partial charge in [-0.3, -0.25) is 19.4 Å². The van der Waals surface area contributed by atoms with Crippen molar-refractivity contribution in [3.63, 3.8) is 0 Å². The summed E-state index contributed by atoms with van der Waals surface area (Å²) < 4.78 is 0. The third-order valence-electron chi connectivity index (χ3n) is 7.25. The van der Waals surface area contributed by atoms with Gasteiger partial charge in [0.05, 0.1) is 36.1 Å². The van der Waals surface area contributed by atoms with Crippen molar-refractivity contribution in [2.75, 3.05) is 0 Å². The highest BCUT2D eigenvalue weighted by molar-refractivity contribution is 6.06. The van der Waals surface area contributed by atoms with Crippen LogP contribution in [0.1, 0.15) is 62.9 Å². The molecule has 4 amide bonds. The lowest BCUT2D eigenvalue weighted by Gasteiger charge is -2.32. The molecule has 7 heteroatoms. The highest BCUT2D eigenvalue weighted by Crippen LogP contribution is 2.38. The number of nitrogens with zero attached hydrogens (tertiary/aromatic N) is 2. The van der Waals surface area contributed by atoms with E-state index in [2.05, 4.69) is 0 Å². The Morgan fingerprint density at radius 3 is 1.44 bits per heavy atom. The van der Waals surface area contributed by atoms with Crippen molar-refractivity contribution in [2.45, 2.75) is 63.8 Å². The zero-order chi connectivity index (χ0) is 24.4. The van der Waals surface area contributed by atoms with Gasteiger partial charge in [0.15, 0.2) is 0 Å². The van der Waals surface area contributed by atoms with E-state index in [1.165, 1.54) is 9.80 Å². The van der Waals surface area contributed by atoms with E-state index in [1.807, 2.05) is 12.1 Å². The van der Waals surface area contributed by atoms with Crippen molar-refractivity contribution in [3.05, 3.63) is 71.8 Å². The van der Waals surface area contributed by atoms with Crippen LogP contribution in [0.15, 0.2) is 60.7 Å². The van der Waals surface area contributed by atoms with Gasteiger partial charge in [0.2, 0.25) is 11.8 Å². The first-order valence-electron chi connectivity index (χ1n) is 12.0. The summed E-state index contributed by atoms with van der Waals surface area (Å²) in [6.45, 7) is 3.22. The Kier molecular flexibility index (Phi) is 7.14. The van der Waals surface area contributed by atoms with Crippen LogP contribution in [0.2, 0.25) is 0 Å². The Hall–Kier alpha value is -3.03. The fourth-order valence-corrected chi connectivity index (χ4v) is 5.20. The van der Waals surface area contributed by atoms with Crippen molar-refractivity contribution in [1.29, 1.82) is 0 Å². The topological polar surface area (TPSA) is 98.2 Å². The number of aliphatic hydroxyl groups excluding tert-OH is 2. The van der Waals surface area contributed by atoms with Crippen LogP contribution in [-0.2, 0) is 9.59 Å². The minimum absolute atomic E-state index is 0.413. The molecule has 0 spiro atoms. The third kappa shape index (κ3) is 4.38. The van der Waals surface area contributed by atoms with E-state index >= 15 is 0 Å². The predicted molar refractivity (Wildman–Crippen MR) is 126 cm³/mol. The van der Waals surface area contributed by atoms with Gasteiger partial charge in [-0.15, -0.1) is 0 Å². The number of carbonyl (C=O) groups excluding carboxylic acids is 3. The molecule has 2 N–H and O–H groups in total. The second-order valence-electron chi connectivity index (χ2n) is 9.41. The van der Waals surface area contributed by atoms with E-state index in [-0.39, 0.29) is 0 Å². The number of benzene rings is 2. The molecule has 180 valence electrons. The second-order valence-corrected chi connectivity index (χ2v) is 9.41. The third-order valence-corrected chi connectivity index (χ3v) is 7.25. The maximum Gasteiger partial charge on any atom is 0.334 e. The molecular weight excluding hydrogens is 432 g/mol. The lowest BCUT2D eigenvalue weighted by molar-refractivity contribution is -0.137. The van der Waals surface area contributed by atoms with Crippen LogP contribution in [-0.4, -0.2) is 49.9 Å². The average Bonchev–Trinajstić information content (AvgIpc) is 3.18. The van der Waals surface area contributed by atoms with Crippen molar-refractivity contribution >= 4 is 17.8 Å². The molecule has 2 aliphatic rings. The van der Waals surface area contributed by atoms with Gasteiger partial charge in [0.25, 0.3) is 0 Å². The maximum atomic E-state index is 13.5. The quantitative estimate of drug-likeness (QED) is 0.677. The Bertz CT molecular complexity index is 946. The number of rotatable bonds is 6. The minimum atomic E-state index is -1.06. The molecule has 1 heterocycles. The molecule has 1 aliphatic heterocycles. The minimum Gasteiger partial charge on any atom is -0.388 e. The zero-order valence-electron chi connectivity index (χ0n) is 19.6. The Morgan fingerprint density at radius 1 is 0.735 bits per heavy atom. The van der Waals surface area contributed by atoms with Gasteiger partial charge in [-0.2, -0.15) is 0 Å². The molecule has 4 rings (SSSR count). The molecular formula is C27H32N2O5. The van der Waals surface area contributed by atoms with Crippen LogP contribution < -0.4 is 0 Å². The van der Waals surface area contributed by atoms with Gasteiger partial charge in [-0.1, -0.05) is 87.4 Å². The first kappa shape index (κ1) is 24.1. The lowest BCUT2D eigenvalue weighted by atomic mass is 9.88. The predicted octanol–water partition coefficient (Wildman–Crippen LogP) is 3.83. The summed E-state index contributed by atoms with van der Waals surface area (Å²) in [5.74, 6) is -2.66. The van der Waals surface area contributed by atoms with E-state index in [9.17, 15) is 24.6 Å². The van der Waals surface area contributed by atoms with E-state index in [4.69, 9.17) is 0 Å². The Labute approximate surface area is 200 Å². The monoisotopic (exact) mass is 464 g/mol. The molecule has 7 nitrogen and oxygen atoms in total. The number of urea groups is 1. The van der Waals surface area contributed by atoms with Crippen LogP contribution in [0.25, 0.3) is 0 Å². The summed E-state index contributed by atoms with van der Waals surface area (Å²) in [6, 6.07) is 16.3. The molecule has 6 atom stereocenters. The van der Waals surface area contributed by atoms with Crippen molar-refractivity contribution in [1.82, 2.24) is 9.80 Å². The molecule has 34 heavy (non-hydrogen) atoms. The lowest BCUT2D eigenvalue weighted by Crippen LogP contribution is -2.45. The Balaban J connectivity index is 1.57. The molecule has 4 unspecified atom stereocenters. The number of hydrogen-bond acceptors (Lipinski definition) is 5. The van der Waals surface area contributed by atoms with Gasteiger partial charge in [-0.05, 0) is 24.0 Å². The van der Waals surface area contributed by atoms with E-state index in [0.29, 0.717) is 24.0 Å².